The standard InChI is InChI=1S/C20H32/c1-2-3-14-19-16-9-10-17-20(19)15-8-7-13-18-11-5-4-6-12-18/h4-6,11-12,19-20H,2-3,7-10,13-17H2,1H3. The lowest BCUT2D eigenvalue weighted by molar-refractivity contribution is 0.204. The van der Waals surface area contributed by atoms with Crippen LogP contribution in [0, 0.1) is 11.8 Å². The summed E-state index contributed by atoms with van der Waals surface area (Å²) in [4.78, 5) is 0. The van der Waals surface area contributed by atoms with Crippen LogP contribution in [0.5, 0.6) is 0 Å². The molecule has 1 aliphatic carbocycles. The van der Waals surface area contributed by atoms with Crippen LogP contribution in [0.25, 0.3) is 0 Å². The van der Waals surface area contributed by atoms with Crippen molar-refractivity contribution in [3.05, 3.63) is 35.9 Å². The van der Waals surface area contributed by atoms with Crippen molar-refractivity contribution in [2.45, 2.75) is 77.6 Å². The summed E-state index contributed by atoms with van der Waals surface area (Å²) in [7, 11) is 0. The second-order valence-corrected chi connectivity index (χ2v) is 6.68. The van der Waals surface area contributed by atoms with Crippen molar-refractivity contribution in [1.29, 1.82) is 0 Å². The van der Waals surface area contributed by atoms with Crippen LogP contribution in [0.3, 0.4) is 0 Å². The predicted molar refractivity (Wildman–Crippen MR) is 89.0 cm³/mol. The van der Waals surface area contributed by atoms with Gasteiger partial charge in [-0.2, -0.15) is 0 Å². The molecule has 1 aromatic rings. The van der Waals surface area contributed by atoms with E-state index in [1.54, 1.807) is 0 Å². The highest BCUT2D eigenvalue weighted by Gasteiger charge is 2.23. The van der Waals surface area contributed by atoms with E-state index in [1.165, 1.54) is 76.2 Å². The first-order valence-corrected chi connectivity index (χ1v) is 8.94. The van der Waals surface area contributed by atoms with Crippen LogP contribution in [0.4, 0.5) is 0 Å². The fourth-order valence-corrected chi connectivity index (χ4v) is 3.89. The lowest BCUT2D eigenvalue weighted by Gasteiger charge is -2.31. The summed E-state index contributed by atoms with van der Waals surface area (Å²) in [5.74, 6) is 2.10. The Balaban J connectivity index is 1.66. The fraction of sp³-hybridized carbons (Fsp3) is 0.700. The SMILES string of the molecule is CCCCC1CCCCC1CCCCc1ccccc1. The van der Waals surface area contributed by atoms with Gasteiger partial charge in [-0.1, -0.05) is 95.0 Å². The number of unbranched alkanes of at least 4 members (excludes halogenated alkanes) is 2. The van der Waals surface area contributed by atoms with E-state index in [0.29, 0.717) is 0 Å². The molecular weight excluding hydrogens is 240 g/mol. The first kappa shape index (κ1) is 15.6. The monoisotopic (exact) mass is 272 g/mol. The van der Waals surface area contributed by atoms with Crippen LogP contribution in [-0.4, -0.2) is 0 Å². The summed E-state index contributed by atoms with van der Waals surface area (Å²) in [5.41, 5.74) is 1.51. The average Bonchev–Trinajstić information content (AvgIpc) is 2.51. The second kappa shape index (κ2) is 9.21. The highest BCUT2D eigenvalue weighted by Crippen LogP contribution is 2.36. The molecule has 2 atom stereocenters. The third kappa shape index (κ3) is 5.31. The summed E-state index contributed by atoms with van der Waals surface area (Å²) in [5, 5.41) is 0. The zero-order chi connectivity index (χ0) is 14.0. The molecule has 0 aliphatic heterocycles. The Hall–Kier alpha value is -0.780. The summed E-state index contributed by atoms with van der Waals surface area (Å²) >= 11 is 0. The maximum absolute atomic E-state index is 2.33. The van der Waals surface area contributed by atoms with E-state index < -0.39 is 0 Å². The topological polar surface area (TPSA) is 0 Å². The van der Waals surface area contributed by atoms with Crippen molar-refractivity contribution in [2.75, 3.05) is 0 Å². The molecule has 0 bridgehead atoms. The van der Waals surface area contributed by atoms with Crippen LogP contribution >= 0.6 is 0 Å². The molecular formula is C20H32. The molecule has 0 heterocycles. The number of aryl methyl sites for hydroxylation is 1. The van der Waals surface area contributed by atoms with Gasteiger partial charge in [-0.15, -0.1) is 0 Å². The molecule has 0 spiro atoms. The molecule has 2 unspecified atom stereocenters. The van der Waals surface area contributed by atoms with Gasteiger partial charge in [-0.05, 0) is 30.2 Å². The zero-order valence-electron chi connectivity index (χ0n) is 13.3. The molecule has 20 heavy (non-hydrogen) atoms. The van der Waals surface area contributed by atoms with Crippen molar-refractivity contribution in [2.24, 2.45) is 11.8 Å². The smallest absolute Gasteiger partial charge is 0.0279 e. The van der Waals surface area contributed by atoms with E-state index in [0.717, 1.165) is 11.8 Å². The van der Waals surface area contributed by atoms with Crippen molar-refractivity contribution in [3.8, 4) is 0 Å². The van der Waals surface area contributed by atoms with Crippen molar-refractivity contribution < 1.29 is 0 Å². The summed E-state index contributed by atoms with van der Waals surface area (Å²) in [6, 6.07) is 11.0. The molecule has 2 rings (SSSR count). The van der Waals surface area contributed by atoms with Crippen molar-refractivity contribution in [3.63, 3.8) is 0 Å². The fourth-order valence-electron chi connectivity index (χ4n) is 3.89. The van der Waals surface area contributed by atoms with E-state index in [2.05, 4.69) is 37.3 Å². The van der Waals surface area contributed by atoms with E-state index >= 15 is 0 Å². The molecule has 1 saturated carbocycles. The van der Waals surface area contributed by atoms with Crippen LogP contribution < -0.4 is 0 Å². The summed E-state index contributed by atoms with van der Waals surface area (Å²) in [6.45, 7) is 2.33. The Bertz CT molecular complexity index is 340. The first-order valence-electron chi connectivity index (χ1n) is 8.94. The first-order chi connectivity index (χ1) is 9.90. The number of hydrogen-bond acceptors (Lipinski definition) is 0. The second-order valence-electron chi connectivity index (χ2n) is 6.68. The summed E-state index contributed by atoms with van der Waals surface area (Å²) in [6.07, 6.45) is 15.9. The molecule has 112 valence electrons. The van der Waals surface area contributed by atoms with Gasteiger partial charge < -0.3 is 0 Å². The molecule has 0 nitrogen and oxygen atoms in total. The van der Waals surface area contributed by atoms with E-state index in [9.17, 15) is 0 Å². The van der Waals surface area contributed by atoms with Gasteiger partial charge in [-0.25, -0.2) is 0 Å². The lowest BCUT2D eigenvalue weighted by atomic mass is 9.74. The highest BCUT2D eigenvalue weighted by molar-refractivity contribution is 5.14. The minimum Gasteiger partial charge on any atom is -0.0654 e. The van der Waals surface area contributed by atoms with Crippen LogP contribution in [0.1, 0.15) is 76.7 Å². The van der Waals surface area contributed by atoms with Gasteiger partial charge >= 0.3 is 0 Å². The minimum atomic E-state index is 1.05. The minimum absolute atomic E-state index is 1.05. The maximum atomic E-state index is 2.33. The third-order valence-corrected chi connectivity index (χ3v) is 5.13. The Morgan fingerprint density at radius 2 is 1.50 bits per heavy atom. The van der Waals surface area contributed by atoms with Gasteiger partial charge in [0.2, 0.25) is 0 Å². The summed E-state index contributed by atoms with van der Waals surface area (Å²) < 4.78 is 0. The van der Waals surface area contributed by atoms with Crippen LogP contribution in [0.15, 0.2) is 30.3 Å². The van der Waals surface area contributed by atoms with E-state index in [4.69, 9.17) is 0 Å². The molecule has 0 saturated heterocycles. The average molecular weight is 272 g/mol. The third-order valence-electron chi connectivity index (χ3n) is 5.13. The number of rotatable bonds is 8. The molecule has 1 aliphatic rings. The Morgan fingerprint density at radius 3 is 2.15 bits per heavy atom. The van der Waals surface area contributed by atoms with E-state index in [-0.39, 0.29) is 0 Å². The maximum Gasteiger partial charge on any atom is -0.0279 e. The van der Waals surface area contributed by atoms with Gasteiger partial charge in [0.1, 0.15) is 0 Å². The Labute approximate surface area is 126 Å². The molecule has 0 amide bonds. The van der Waals surface area contributed by atoms with Crippen molar-refractivity contribution >= 4 is 0 Å². The van der Waals surface area contributed by atoms with Gasteiger partial charge in [0.25, 0.3) is 0 Å². The predicted octanol–water partition coefficient (Wildman–Crippen LogP) is 6.40. The molecule has 0 radical (unpaired) electrons. The van der Waals surface area contributed by atoms with Crippen molar-refractivity contribution in [1.82, 2.24) is 0 Å². The van der Waals surface area contributed by atoms with E-state index in [1.807, 2.05) is 0 Å². The highest BCUT2D eigenvalue weighted by atomic mass is 14.3. The number of hydrogen-bond donors (Lipinski definition) is 0. The molecule has 0 aromatic heterocycles. The lowest BCUT2D eigenvalue weighted by Crippen LogP contribution is -2.19. The Morgan fingerprint density at radius 1 is 0.850 bits per heavy atom. The van der Waals surface area contributed by atoms with Gasteiger partial charge in [-0.3, -0.25) is 0 Å². The van der Waals surface area contributed by atoms with Gasteiger partial charge in [0.05, 0.1) is 0 Å². The molecule has 1 fully saturated rings. The zero-order valence-corrected chi connectivity index (χ0v) is 13.3. The van der Waals surface area contributed by atoms with Crippen LogP contribution in [0.2, 0.25) is 0 Å². The van der Waals surface area contributed by atoms with Crippen LogP contribution in [-0.2, 0) is 6.42 Å². The number of benzene rings is 1. The van der Waals surface area contributed by atoms with Gasteiger partial charge in [0.15, 0.2) is 0 Å². The van der Waals surface area contributed by atoms with Gasteiger partial charge in [0, 0.05) is 0 Å². The quantitative estimate of drug-likeness (QED) is 0.481. The molecule has 1 aromatic carbocycles. The normalized spacial score (nSPS) is 22.9. The molecule has 0 heteroatoms. The largest absolute Gasteiger partial charge is 0.0654 e. The molecule has 0 N–H and O–H groups in total. The Kier molecular flexibility index (Phi) is 7.19.